The molecule has 0 bridgehead atoms. The molecule has 1 aromatic carbocycles. The average molecular weight is 393 g/mol. The van der Waals surface area contributed by atoms with Crippen molar-refractivity contribution < 1.29 is 9.59 Å². The molecular weight excluding hydrogens is 366 g/mol. The van der Waals surface area contributed by atoms with Crippen LogP contribution >= 0.6 is 0 Å². The summed E-state index contributed by atoms with van der Waals surface area (Å²) in [4.78, 5) is 29.4. The number of anilines is 1. The Hall–Kier alpha value is -2.70. The fraction of sp³-hybridized carbons (Fsp3) is 0.545. The van der Waals surface area contributed by atoms with Gasteiger partial charge in [-0.25, -0.2) is 4.68 Å². The van der Waals surface area contributed by atoms with E-state index >= 15 is 0 Å². The number of aryl methyl sites for hydroxylation is 2. The van der Waals surface area contributed by atoms with Crippen molar-refractivity contribution in [3.8, 4) is 0 Å². The highest BCUT2D eigenvalue weighted by atomic mass is 16.2. The molecule has 0 spiro atoms. The van der Waals surface area contributed by atoms with E-state index in [1.165, 1.54) is 18.4 Å². The van der Waals surface area contributed by atoms with E-state index in [-0.39, 0.29) is 23.8 Å². The van der Waals surface area contributed by atoms with Gasteiger partial charge in [0.25, 0.3) is 0 Å². The molecule has 5 rings (SSSR count). The molecule has 0 N–H and O–H groups in total. The van der Waals surface area contributed by atoms with Gasteiger partial charge >= 0.3 is 0 Å². The maximum absolute atomic E-state index is 13.1. The van der Waals surface area contributed by atoms with Gasteiger partial charge in [0.15, 0.2) is 0 Å². The fourth-order valence-corrected chi connectivity index (χ4v) is 4.47. The van der Waals surface area contributed by atoms with Crippen LogP contribution in [0.5, 0.6) is 0 Å². The van der Waals surface area contributed by atoms with Gasteiger partial charge in [-0.1, -0.05) is 11.3 Å². The summed E-state index contributed by atoms with van der Waals surface area (Å²) in [6, 6.07) is 6.23. The van der Waals surface area contributed by atoms with Gasteiger partial charge in [0, 0.05) is 43.9 Å². The molecule has 2 atom stereocenters. The quantitative estimate of drug-likeness (QED) is 0.801. The molecule has 2 amide bonds. The zero-order valence-corrected chi connectivity index (χ0v) is 17.0. The summed E-state index contributed by atoms with van der Waals surface area (Å²) < 4.78 is 1.93. The predicted molar refractivity (Wildman–Crippen MR) is 109 cm³/mol. The summed E-state index contributed by atoms with van der Waals surface area (Å²) >= 11 is 0. The molecule has 7 heteroatoms. The lowest BCUT2D eigenvalue weighted by Crippen LogP contribution is -2.36. The van der Waals surface area contributed by atoms with E-state index in [2.05, 4.69) is 23.4 Å². The van der Waals surface area contributed by atoms with E-state index in [1.54, 1.807) is 4.90 Å². The maximum atomic E-state index is 13.1. The number of aromatic nitrogens is 3. The Kier molecular flexibility index (Phi) is 4.41. The van der Waals surface area contributed by atoms with Crippen molar-refractivity contribution in [1.82, 2.24) is 19.9 Å². The number of hydrogen-bond donors (Lipinski definition) is 0. The van der Waals surface area contributed by atoms with Crippen LogP contribution < -0.4 is 4.90 Å². The van der Waals surface area contributed by atoms with Crippen molar-refractivity contribution in [3.05, 3.63) is 41.2 Å². The normalized spacial score (nSPS) is 24.6. The van der Waals surface area contributed by atoms with Crippen LogP contribution in [0.2, 0.25) is 0 Å². The van der Waals surface area contributed by atoms with Crippen LogP contribution in [-0.4, -0.2) is 51.3 Å². The molecule has 3 fully saturated rings. The van der Waals surface area contributed by atoms with E-state index in [0.717, 1.165) is 29.9 Å². The van der Waals surface area contributed by atoms with Crippen molar-refractivity contribution in [1.29, 1.82) is 0 Å². The van der Waals surface area contributed by atoms with Gasteiger partial charge in [0.05, 0.1) is 17.7 Å². The summed E-state index contributed by atoms with van der Waals surface area (Å²) in [6.45, 7) is 5.95. The SMILES string of the molecule is Cc1ccc(N2C[C@H](C(=O)N3CC[C@H](n4cc(C5CC5)nn4)C3)CC2=O)cc1C. The Morgan fingerprint density at radius 2 is 1.93 bits per heavy atom. The lowest BCUT2D eigenvalue weighted by Gasteiger charge is -2.21. The summed E-state index contributed by atoms with van der Waals surface area (Å²) in [5.41, 5.74) is 4.34. The van der Waals surface area contributed by atoms with Crippen LogP contribution in [0.1, 0.15) is 54.5 Å². The highest BCUT2D eigenvalue weighted by Crippen LogP contribution is 2.39. The van der Waals surface area contributed by atoms with Crippen molar-refractivity contribution >= 4 is 17.5 Å². The Bertz CT molecular complexity index is 964. The first-order valence-electron chi connectivity index (χ1n) is 10.6. The molecule has 29 heavy (non-hydrogen) atoms. The monoisotopic (exact) mass is 393 g/mol. The molecule has 2 saturated heterocycles. The number of nitrogens with zero attached hydrogens (tertiary/aromatic N) is 5. The van der Waals surface area contributed by atoms with Crippen LogP contribution in [0, 0.1) is 19.8 Å². The van der Waals surface area contributed by atoms with Crippen molar-refractivity contribution in [2.45, 2.75) is 51.5 Å². The van der Waals surface area contributed by atoms with Gasteiger partial charge in [-0.05, 0) is 56.4 Å². The van der Waals surface area contributed by atoms with Crippen LogP contribution in [0.4, 0.5) is 5.69 Å². The van der Waals surface area contributed by atoms with Gasteiger partial charge in [-0.3, -0.25) is 9.59 Å². The number of amides is 2. The highest BCUT2D eigenvalue weighted by molar-refractivity contribution is 6.00. The Morgan fingerprint density at radius 3 is 2.69 bits per heavy atom. The van der Waals surface area contributed by atoms with Crippen LogP contribution in [-0.2, 0) is 9.59 Å². The largest absolute Gasteiger partial charge is 0.340 e. The zero-order valence-electron chi connectivity index (χ0n) is 17.0. The minimum absolute atomic E-state index is 0.0349. The van der Waals surface area contributed by atoms with Crippen molar-refractivity contribution in [2.75, 3.05) is 24.5 Å². The van der Waals surface area contributed by atoms with Gasteiger partial charge in [0.2, 0.25) is 11.8 Å². The molecule has 152 valence electrons. The number of likely N-dealkylation sites (tertiary alicyclic amines) is 1. The number of rotatable bonds is 4. The third-order valence-corrected chi connectivity index (χ3v) is 6.65. The van der Waals surface area contributed by atoms with Crippen LogP contribution in [0.15, 0.2) is 24.4 Å². The molecule has 3 aliphatic rings. The first-order chi connectivity index (χ1) is 14.0. The minimum Gasteiger partial charge on any atom is -0.340 e. The van der Waals surface area contributed by atoms with Gasteiger partial charge in [-0.2, -0.15) is 0 Å². The second-order valence-corrected chi connectivity index (χ2v) is 8.80. The summed E-state index contributed by atoms with van der Waals surface area (Å²) in [7, 11) is 0. The van der Waals surface area contributed by atoms with E-state index in [4.69, 9.17) is 0 Å². The third-order valence-electron chi connectivity index (χ3n) is 6.65. The second kappa shape index (κ2) is 6.97. The molecule has 0 unspecified atom stereocenters. The van der Waals surface area contributed by atoms with E-state index in [9.17, 15) is 9.59 Å². The summed E-state index contributed by atoms with van der Waals surface area (Å²) in [6.07, 6.45) is 5.65. The second-order valence-electron chi connectivity index (χ2n) is 8.80. The smallest absolute Gasteiger partial charge is 0.228 e. The van der Waals surface area contributed by atoms with Crippen LogP contribution in [0.3, 0.4) is 0 Å². The molecule has 1 saturated carbocycles. The van der Waals surface area contributed by atoms with Crippen molar-refractivity contribution in [2.24, 2.45) is 5.92 Å². The number of benzene rings is 1. The van der Waals surface area contributed by atoms with E-state index in [0.29, 0.717) is 25.4 Å². The standard InChI is InChI=1S/C22H27N5O2/c1-14-3-6-18(9-15(14)2)26-11-17(10-21(26)28)22(29)25-8-7-19(12-25)27-13-20(23-24-27)16-4-5-16/h3,6,9,13,16-17,19H,4-5,7-8,10-12H2,1-2H3/t17-,19+/m1/s1. The molecule has 0 radical (unpaired) electrons. The molecule has 1 aliphatic carbocycles. The number of carbonyl (C=O) groups is 2. The molecular formula is C22H27N5O2. The van der Waals surface area contributed by atoms with Gasteiger partial charge in [0.1, 0.15) is 0 Å². The van der Waals surface area contributed by atoms with Gasteiger partial charge in [-0.15, -0.1) is 5.10 Å². The first kappa shape index (κ1) is 18.3. The first-order valence-corrected chi connectivity index (χ1v) is 10.6. The Morgan fingerprint density at radius 1 is 1.10 bits per heavy atom. The lowest BCUT2D eigenvalue weighted by atomic mass is 10.1. The zero-order chi connectivity index (χ0) is 20.1. The Balaban J connectivity index is 1.23. The van der Waals surface area contributed by atoms with Crippen molar-refractivity contribution in [3.63, 3.8) is 0 Å². The summed E-state index contributed by atoms with van der Waals surface area (Å²) in [5.74, 6) is 0.451. The molecule has 2 aromatic rings. The fourth-order valence-electron chi connectivity index (χ4n) is 4.47. The molecule has 2 aliphatic heterocycles. The minimum atomic E-state index is -0.263. The van der Waals surface area contributed by atoms with E-state index in [1.807, 2.05) is 34.7 Å². The summed E-state index contributed by atoms with van der Waals surface area (Å²) in [5, 5.41) is 8.59. The molecule has 1 aromatic heterocycles. The maximum Gasteiger partial charge on any atom is 0.228 e. The van der Waals surface area contributed by atoms with Crippen LogP contribution in [0.25, 0.3) is 0 Å². The number of hydrogen-bond acceptors (Lipinski definition) is 4. The Labute approximate surface area is 170 Å². The third kappa shape index (κ3) is 3.43. The highest BCUT2D eigenvalue weighted by Gasteiger charge is 2.39. The predicted octanol–water partition coefficient (Wildman–Crippen LogP) is 2.60. The average Bonchev–Trinajstić information content (AvgIpc) is 3.10. The lowest BCUT2D eigenvalue weighted by molar-refractivity contribution is -0.134. The molecule has 7 nitrogen and oxygen atoms in total. The van der Waals surface area contributed by atoms with E-state index < -0.39 is 0 Å². The van der Waals surface area contributed by atoms with Gasteiger partial charge < -0.3 is 9.80 Å². The number of carbonyl (C=O) groups excluding carboxylic acids is 2. The molecule has 3 heterocycles. The topological polar surface area (TPSA) is 71.3 Å².